The van der Waals surface area contributed by atoms with E-state index in [1.54, 1.807) is 6.20 Å². The van der Waals surface area contributed by atoms with Gasteiger partial charge in [0, 0.05) is 7.05 Å². The number of aromatic nitrogens is 2. The van der Waals surface area contributed by atoms with E-state index in [2.05, 4.69) is 27.8 Å². The van der Waals surface area contributed by atoms with Crippen LogP contribution in [0.2, 0.25) is 0 Å². The molecule has 4 heteroatoms. The molecule has 1 aromatic carbocycles. The molecule has 0 fully saturated rings. The Labute approximate surface area is 103 Å². The molecule has 0 atom stereocenters. The minimum absolute atomic E-state index is 0.477. The van der Waals surface area contributed by atoms with Gasteiger partial charge in [0.15, 0.2) is 0 Å². The van der Waals surface area contributed by atoms with Crippen molar-refractivity contribution in [2.45, 2.75) is 13.5 Å². The van der Waals surface area contributed by atoms with E-state index in [1.807, 2.05) is 35.9 Å². The predicted octanol–water partition coefficient (Wildman–Crippen LogP) is 3.07. The predicted molar refractivity (Wildman–Crippen MR) is 66.4 cm³/mol. The van der Waals surface area contributed by atoms with Crippen molar-refractivity contribution < 1.29 is 4.74 Å². The van der Waals surface area contributed by atoms with Gasteiger partial charge in [0.1, 0.15) is 22.8 Å². The van der Waals surface area contributed by atoms with Crippen LogP contribution in [0.1, 0.15) is 11.4 Å². The summed E-state index contributed by atoms with van der Waals surface area (Å²) >= 11 is 3.40. The van der Waals surface area contributed by atoms with Crippen LogP contribution in [0, 0.1) is 6.92 Å². The zero-order valence-electron chi connectivity index (χ0n) is 9.27. The molecule has 0 amide bonds. The molecular formula is C12H13BrN2O. The molecule has 84 valence electrons. The topological polar surface area (TPSA) is 27.1 Å². The number of rotatable bonds is 3. The maximum absolute atomic E-state index is 5.64. The molecule has 0 unspecified atom stereocenters. The van der Waals surface area contributed by atoms with Crippen molar-refractivity contribution >= 4 is 15.9 Å². The number of halogens is 1. The van der Waals surface area contributed by atoms with E-state index in [-0.39, 0.29) is 0 Å². The second-order valence-electron chi connectivity index (χ2n) is 3.66. The Balaban J connectivity index is 2.02. The van der Waals surface area contributed by atoms with Crippen LogP contribution in [0.25, 0.3) is 0 Å². The van der Waals surface area contributed by atoms with E-state index in [4.69, 9.17) is 4.74 Å². The molecule has 0 aliphatic rings. The zero-order valence-corrected chi connectivity index (χ0v) is 10.9. The van der Waals surface area contributed by atoms with E-state index in [0.717, 1.165) is 16.2 Å². The summed E-state index contributed by atoms with van der Waals surface area (Å²) in [7, 11) is 1.95. The molecule has 2 aromatic rings. The van der Waals surface area contributed by atoms with Crippen LogP contribution in [-0.4, -0.2) is 9.55 Å². The van der Waals surface area contributed by atoms with E-state index < -0.39 is 0 Å². The monoisotopic (exact) mass is 280 g/mol. The van der Waals surface area contributed by atoms with Crippen LogP contribution in [0.4, 0.5) is 0 Å². The fraction of sp³-hybridized carbons (Fsp3) is 0.250. The normalized spacial score (nSPS) is 10.4. The van der Waals surface area contributed by atoms with Crippen molar-refractivity contribution in [1.29, 1.82) is 0 Å². The molecule has 0 saturated carbocycles. The Kier molecular flexibility index (Phi) is 3.29. The van der Waals surface area contributed by atoms with Crippen molar-refractivity contribution in [2.75, 3.05) is 0 Å². The molecule has 0 aliphatic carbocycles. The lowest BCUT2D eigenvalue weighted by Crippen LogP contribution is -2.03. The van der Waals surface area contributed by atoms with Crippen LogP contribution in [-0.2, 0) is 13.7 Å². The minimum Gasteiger partial charge on any atom is -0.486 e. The van der Waals surface area contributed by atoms with Crippen molar-refractivity contribution in [3.8, 4) is 5.75 Å². The van der Waals surface area contributed by atoms with Crippen molar-refractivity contribution in [3.63, 3.8) is 0 Å². The van der Waals surface area contributed by atoms with Gasteiger partial charge in [0.2, 0.25) is 0 Å². The highest BCUT2D eigenvalue weighted by Gasteiger charge is 2.04. The molecule has 3 nitrogen and oxygen atoms in total. The Morgan fingerprint density at radius 2 is 2.00 bits per heavy atom. The van der Waals surface area contributed by atoms with Gasteiger partial charge in [-0.15, -0.1) is 0 Å². The summed E-state index contributed by atoms with van der Waals surface area (Å²) in [6.45, 7) is 2.53. The third kappa shape index (κ3) is 2.44. The lowest BCUT2D eigenvalue weighted by atomic mass is 10.2. The second-order valence-corrected chi connectivity index (χ2v) is 4.47. The van der Waals surface area contributed by atoms with Gasteiger partial charge in [-0.25, -0.2) is 4.98 Å². The molecular weight excluding hydrogens is 268 g/mol. The Morgan fingerprint density at radius 3 is 2.56 bits per heavy atom. The number of benzene rings is 1. The molecule has 0 bridgehead atoms. The van der Waals surface area contributed by atoms with Gasteiger partial charge < -0.3 is 9.30 Å². The van der Waals surface area contributed by atoms with Crippen molar-refractivity contribution in [1.82, 2.24) is 9.55 Å². The van der Waals surface area contributed by atoms with Crippen LogP contribution in [0.3, 0.4) is 0 Å². The molecule has 0 aliphatic heterocycles. The summed E-state index contributed by atoms with van der Waals surface area (Å²) in [6.07, 6.45) is 1.77. The number of nitrogens with zero attached hydrogens (tertiary/aromatic N) is 2. The number of imidazole rings is 1. The van der Waals surface area contributed by atoms with Gasteiger partial charge >= 0.3 is 0 Å². The Bertz CT molecular complexity index is 476. The van der Waals surface area contributed by atoms with E-state index in [1.165, 1.54) is 5.56 Å². The molecule has 0 N–H and O–H groups in total. The van der Waals surface area contributed by atoms with E-state index in [9.17, 15) is 0 Å². The van der Waals surface area contributed by atoms with E-state index >= 15 is 0 Å². The van der Waals surface area contributed by atoms with Crippen LogP contribution in [0.5, 0.6) is 5.75 Å². The van der Waals surface area contributed by atoms with Crippen LogP contribution >= 0.6 is 15.9 Å². The average molecular weight is 281 g/mol. The first-order valence-electron chi connectivity index (χ1n) is 5.02. The molecule has 2 rings (SSSR count). The van der Waals surface area contributed by atoms with Crippen LogP contribution in [0.15, 0.2) is 35.1 Å². The molecule has 16 heavy (non-hydrogen) atoms. The summed E-state index contributed by atoms with van der Waals surface area (Å²) in [4.78, 5) is 4.24. The number of hydrogen-bond acceptors (Lipinski definition) is 2. The highest BCUT2D eigenvalue weighted by Crippen LogP contribution is 2.15. The molecule has 0 spiro atoms. The summed E-state index contributed by atoms with van der Waals surface area (Å²) < 4.78 is 8.54. The first-order valence-corrected chi connectivity index (χ1v) is 5.81. The summed E-state index contributed by atoms with van der Waals surface area (Å²) in [5.74, 6) is 1.76. The summed E-state index contributed by atoms with van der Waals surface area (Å²) in [5.41, 5.74) is 1.23. The maximum Gasteiger partial charge on any atom is 0.147 e. The maximum atomic E-state index is 5.64. The van der Waals surface area contributed by atoms with Gasteiger partial charge in [-0.05, 0) is 35.0 Å². The molecule has 0 saturated heterocycles. The number of ether oxygens (including phenoxy) is 1. The molecule has 0 radical (unpaired) electrons. The highest BCUT2D eigenvalue weighted by molar-refractivity contribution is 9.10. The van der Waals surface area contributed by atoms with Crippen molar-refractivity contribution in [3.05, 3.63) is 46.5 Å². The van der Waals surface area contributed by atoms with Gasteiger partial charge in [-0.2, -0.15) is 0 Å². The number of hydrogen-bond donors (Lipinski definition) is 0. The average Bonchev–Trinajstić information content (AvgIpc) is 2.60. The molecule has 1 heterocycles. The third-order valence-corrected chi connectivity index (χ3v) is 3.15. The Hall–Kier alpha value is -1.29. The Morgan fingerprint density at radius 1 is 1.31 bits per heavy atom. The van der Waals surface area contributed by atoms with Crippen molar-refractivity contribution in [2.24, 2.45) is 7.05 Å². The van der Waals surface area contributed by atoms with Gasteiger partial charge in [-0.1, -0.05) is 17.7 Å². The largest absolute Gasteiger partial charge is 0.486 e. The zero-order chi connectivity index (χ0) is 11.5. The lowest BCUT2D eigenvalue weighted by Gasteiger charge is -2.06. The van der Waals surface area contributed by atoms with Crippen LogP contribution < -0.4 is 4.74 Å². The van der Waals surface area contributed by atoms with Gasteiger partial charge in [0.05, 0.1) is 6.20 Å². The lowest BCUT2D eigenvalue weighted by molar-refractivity contribution is 0.291. The fourth-order valence-electron chi connectivity index (χ4n) is 1.34. The summed E-state index contributed by atoms with van der Waals surface area (Å²) in [5, 5.41) is 0. The summed E-state index contributed by atoms with van der Waals surface area (Å²) in [6, 6.07) is 7.99. The first kappa shape index (κ1) is 11.2. The highest BCUT2D eigenvalue weighted by atomic mass is 79.9. The standard InChI is InChI=1S/C12H13BrN2O/c1-9-3-5-10(6-4-9)16-8-12-14-7-11(13)15(12)2/h3-7H,8H2,1-2H3. The number of aryl methyl sites for hydroxylation is 1. The second kappa shape index (κ2) is 4.70. The minimum atomic E-state index is 0.477. The smallest absolute Gasteiger partial charge is 0.147 e. The third-order valence-electron chi connectivity index (χ3n) is 2.42. The SMILES string of the molecule is Cc1ccc(OCc2ncc(Br)n2C)cc1. The van der Waals surface area contributed by atoms with Gasteiger partial charge in [-0.3, -0.25) is 0 Å². The van der Waals surface area contributed by atoms with E-state index in [0.29, 0.717) is 6.61 Å². The fourth-order valence-corrected chi connectivity index (χ4v) is 1.65. The molecule has 1 aromatic heterocycles. The quantitative estimate of drug-likeness (QED) is 0.864. The first-order chi connectivity index (χ1) is 7.66. The van der Waals surface area contributed by atoms with Gasteiger partial charge in [0.25, 0.3) is 0 Å².